The third-order valence-corrected chi connectivity index (χ3v) is 0.703. The molecular formula is C6H16INO2. The van der Waals surface area contributed by atoms with Crippen LogP contribution in [-0.4, -0.2) is 43.6 Å². The Labute approximate surface area is 79.5 Å². The first-order valence-electron chi connectivity index (χ1n) is 3.06. The summed E-state index contributed by atoms with van der Waals surface area (Å²) in [6, 6.07) is 0. The van der Waals surface area contributed by atoms with Crippen LogP contribution >= 0.6 is 0 Å². The van der Waals surface area contributed by atoms with Crippen LogP contribution in [0.25, 0.3) is 0 Å². The van der Waals surface area contributed by atoms with Crippen molar-refractivity contribution in [2.75, 3.05) is 27.7 Å². The standard InChI is InChI=1S/C6H16NO2.HI/c1-6(8)5-9-7(2,3)4;/h6,8H,5H2,1-4H3;1H/q+1;/p-1. The Morgan fingerprint density at radius 3 is 1.90 bits per heavy atom. The summed E-state index contributed by atoms with van der Waals surface area (Å²) in [5.41, 5.74) is 0. The molecule has 1 unspecified atom stereocenters. The van der Waals surface area contributed by atoms with Gasteiger partial charge < -0.3 is 29.1 Å². The number of halogens is 1. The maximum Gasteiger partial charge on any atom is 0.132 e. The van der Waals surface area contributed by atoms with Crippen molar-refractivity contribution in [1.29, 1.82) is 0 Å². The molecule has 64 valence electrons. The normalized spacial score (nSPS) is 14.1. The van der Waals surface area contributed by atoms with E-state index in [1.54, 1.807) is 6.92 Å². The molecule has 4 heteroatoms. The van der Waals surface area contributed by atoms with E-state index < -0.39 is 0 Å². The van der Waals surface area contributed by atoms with Crippen LogP contribution in [0, 0.1) is 0 Å². The molecular weight excluding hydrogens is 245 g/mol. The summed E-state index contributed by atoms with van der Waals surface area (Å²) >= 11 is 0. The molecule has 10 heavy (non-hydrogen) atoms. The first kappa shape index (κ1) is 13.2. The Morgan fingerprint density at radius 1 is 1.40 bits per heavy atom. The zero-order chi connectivity index (χ0) is 7.49. The van der Waals surface area contributed by atoms with Crippen molar-refractivity contribution in [2.24, 2.45) is 0 Å². The zero-order valence-corrected chi connectivity index (χ0v) is 9.12. The molecule has 0 rings (SSSR count). The lowest BCUT2D eigenvalue weighted by molar-refractivity contribution is -1.06. The summed E-state index contributed by atoms with van der Waals surface area (Å²) in [6.45, 7) is 2.10. The van der Waals surface area contributed by atoms with Crippen LogP contribution in [0.4, 0.5) is 0 Å². The molecule has 0 aromatic rings. The molecule has 0 aromatic carbocycles. The van der Waals surface area contributed by atoms with Crippen LogP contribution in [0.3, 0.4) is 0 Å². The second-order valence-corrected chi connectivity index (χ2v) is 3.03. The van der Waals surface area contributed by atoms with Gasteiger partial charge in [0.25, 0.3) is 0 Å². The monoisotopic (exact) mass is 261 g/mol. The predicted octanol–water partition coefficient (Wildman–Crippen LogP) is -2.99. The van der Waals surface area contributed by atoms with Gasteiger partial charge in [0.2, 0.25) is 0 Å². The van der Waals surface area contributed by atoms with Crippen LogP contribution in [0.15, 0.2) is 0 Å². The lowest BCUT2D eigenvalue weighted by Crippen LogP contribution is -3.00. The number of hydrogen-bond donors (Lipinski definition) is 1. The molecule has 0 fully saturated rings. The molecule has 0 aromatic heterocycles. The highest BCUT2D eigenvalue weighted by atomic mass is 127. The number of nitrogens with zero attached hydrogens (tertiary/aromatic N) is 1. The van der Waals surface area contributed by atoms with Crippen molar-refractivity contribution in [1.82, 2.24) is 0 Å². The van der Waals surface area contributed by atoms with E-state index in [1.165, 1.54) is 0 Å². The summed E-state index contributed by atoms with van der Waals surface area (Å²) in [7, 11) is 5.72. The summed E-state index contributed by atoms with van der Waals surface area (Å²) in [4.78, 5) is 5.18. The predicted molar refractivity (Wildman–Crippen MR) is 35.7 cm³/mol. The fourth-order valence-electron chi connectivity index (χ4n) is 0.331. The zero-order valence-electron chi connectivity index (χ0n) is 6.97. The van der Waals surface area contributed by atoms with Gasteiger partial charge >= 0.3 is 0 Å². The minimum atomic E-state index is -0.373. The highest BCUT2D eigenvalue weighted by Gasteiger charge is 2.08. The Bertz CT molecular complexity index is 80.3. The second-order valence-electron chi connectivity index (χ2n) is 3.03. The Hall–Kier alpha value is 0.610. The summed E-state index contributed by atoms with van der Waals surface area (Å²) in [6.07, 6.45) is -0.373. The third kappa shape index (κ3) is 11.4. The van der Waals surface area contributed by atoms with Gasteiger partial charge in [-0.1, -0.05) is 0 Å². The van der Waals surface area contributed by atoms with Gasteiger partial charge in [0.05, 0.1) is 27.2 Å². The van der Waals surface area contributed by atoms with Crippen LogP contribution in [0.2, 0.25) is 0 Å². The van der Waals surface area contributed by atoms with Gasteiger partial charge in [-0.3, -0.25) is 0 Å². The maximum absolute atomic E-state index is 8.78. The topological polar surface area (TPSA) is 29.5 Å². The van der Waals surface area contributed by atoms with E-state index in [4.69, 9.17) is 9.94 Å². The number of hydrogen-bond acceptors (Lipinski definition) is 2. The van der Waals surface area contributed by atoms with Gasteiger partial charge in [-0.25, -0.2) is 4.84 Å². The van der Waals surface area contributed by atoms with E-state index in [0.717, 1.165) is 0 Å². The SMILES string of the molecule is CC(O)CO[N+](C)(C)C.[I-]. The Balaban J connectivity index is 0. The molecule has 0 aliphatic heterocycles. The summed E-state index contributed by atoms with van der Waals surface area (Å²) in [5.74, 6) is 0. The number of rotatable bonds is 3. The molecule has 1 atom stereocenters. The van der Waals surface area contributed by atoms with Gasteiger partial charge in [0, 0.05) is 0 Å². The van der Waals surface area contributed by atoms with Crippen molar-refractivity contribution in [3.63, 3.8) is 0 Å². The minimum absolute atomic E-state index is 0. The molecule has 1 N–H and O–H groups in total. The lowest BCUT2D eigenvalue weighted by Gasteiger charge is -2.21. The van der Waals surface area contributed by atoms with E-state index in [9.17, 15) is 0 Å². The molecule has 0 heterocycles. The highest BCUT2D eigenvalue weighted by molar-refractivity contribution is 4.36. The second kappa shape index (κ2) is 5.29. The Morgan fingerprint density at radius 2 is 1.80 bits per heavy atom. The fourth-order valence-corrected chi connectivity index (χ4v) is 0.331. The first-order chi connectivity index (χ1) is 3.92. The molecule has 0 aliphatic rings. The van der Waals surface area contributed by atoms with Crippen LogP contribution in [0.1, 0.15) is 6.92 Å². The minimum Gasteiger partial charge on any atom is -1.00 e. The van der Waals surface area contributed by atoms with Crippen molar-refractivity contribution in [2.45, 2.75) is 13.0 Å². The van der Waals surface area contributed by atoms with Crippen LogP contribution in [-0.2, 0) is 4.84 Å². The quantitative estimate of drug-likeness (QED) is 0.333. The van der Waals surface area contributed by atoms with Gasteiger partial charge in [0.1, 0.15) is 6.61 Å². The smallest absolute Gasteiger partial charge is 0.132 e. The highest BCUT2D eigenvalue weighted by Crippen LogP contribution is 1.93. The van der Waals surface area contributed by atoms with Gasteiger partial charge in [0.15, 0.2) is 0 Å². The molecule has 0 spiro atoms. The number of quaternary nitrogens is 1. The maximum atomic E-state index is 8.78. The lowest BCUT2D eigenvalue weighted by atomic mass is 10.5. The molecule has 3 nitrogen and oxygen atoms in total. The first-order valence-corrected chi connectivity index (χ1v) is 3.06. The molecule has 0 bridgehead atoms. The summed E-state index contributed by atoms with van der Waals surface area (Å²) < 4.78 is 0.435. The summed E-state index contributed by atoms with van der Waals surface area (Å²) in [5, 5.41) is 8.78. The number of hydroxylamine groups is 3. The van der Waals surface area contributed by atoms with E-state index in [0.29, 0.717) is 11.3 Å². The molecule has 0 radical (unpaired) electrons. The van der Waals surface area contributed by atoms with Gasteiger partial charge in [-0.2, -0.15) is 4.65 Å². The number of aliphatic hydroxyl groups is 1. The molecule has 0 amide bonds. The van der Waals surface area contributed by atoms with E-state index >= 15 is 0 Å². The average Bonchev–Trinajstić information content (AvgIpc) is 1.59. The van der Waals surface area contributed by atoms with Crippen LogP contribution < -0.4 is 24.0 Å². The van der Waals surface area contributed by atoms with Gasteiger partial charge in [-0.15, -0.1) is 0 Å². The molecule has 0 saturated heterocycles. The van der Waals surface area contributed by atoms with E-state index in [-0.39, 0.29) is 30.1 Å². The Kier molecular flexibility index (Phi) is 6.99. The third-order valence-electron chi connectivity index (χ3n) is 0.703. The van der Waals surface area contributed by atoms with E-state index in [2.05, 4.69) is 0 Å². The van der Waals surface area contributed by atoms with Crippen molar-refractivity contribution in [3.05, 3.63) is 0 Å². The van der Waals surface area contributed by atoms with Crippen molar-refractivity contribution in [3.8, 4) is 0 Å². The van der Waals surface area contributed by atoms with Gasteiger partial charge in [-0.05, 0) is 6.92 Å². The number of aliphatic hydroxyl groups excluding tert-OH is 1. The average molecular weight is 261 g/mol. The fraction of sp³-hybridized carbons (Fsp3) is 1.00. The molecule has 0 saturated carbocycles. The van der Waals surface area contributed by atoms with Crippen LogP contribution in [0.5, 0.6) is 0 Å². The largest absolute Gasteiger partial charge is 1.00 e. The van der Waals surface area contributed by atoms with Crippen molar-refractivity contribution < 1.29 is 38.6 Å². The molecule has 0 aliphatic carbocycles. The van der Waals surface area contributed by atoms with E-state index in [1.807, 2.05) is 21.1 Å². The van der Waals surface area contributed by atoms with Crippen molar-refractivity contribution >= 4 is 0 Å².